The number of thiazole rings is 1. The highest BCUT2D eigenvalue weighted by Crippen LogP contribution is 2.23. The number of benzene rings is 1. The number of hydrogen-bond acceptors (Lipinski definition) is 3. The zero-order chi connectivity index (χ0) is 12.3. The van der Waals surface area contributed by atoms with Crippen LogP contribution in [0.5, 0.6) is 0 Å². The van der Waals surface area contributed by atoms with E-state index in [4.69, 9.17) is 0 Å². The summed E-state index contributed by atoms with van der Waals surface area (Å²) >= 11 is 1.50. The van der Waals surface area contributed by atoms with E-state index in [2.05, 4.69) is 10.3 Å². The molecule has 1 unspecified atom stereocenters. The van der Waals surface area contributed by atoms with Crippen molar-refractivity contribution in [3.8, 4) is 0 Å². The molecule has 0 amide bonds. The van der Waals surface area contributed by atoms with Gasteiger partial charge in [0.05, 0.1) is 5.51 Å². The lowest BCUT2D eigenvalue weighted by Crippen LogP contribution is -2.18. The highest BCUT2D eigenvalue weighted by molar-refractivity contribution is 7.09. The molecule has 0 aliphatic carbocycles. The monoisotopic (exact) mass is 254 g/mol. The summed E-state index contributed by atoms with van der Waals surface area (Å²) in [7, 11) is 1.79. The van der Waals surface area contributed by atoms with Crippen molar-refractivity contribution in [3.63, 3.8) is 0 Å². The molecule has 1 aromatic heterocycles. The molecule has 1 N–H and O–H groups in total. The Hall–Kier alpha value is -1.33. The zero-order valence-electron chi connectivity index (χ0n) is 9.28. The fourth-order valence-corrected chi connectivity index (χ4v) is 2.39. The minimum Gasteiger partial charge on any atom is -0.312 e. The molecule has 5 heteroatoms. The van der Waals surface area contributed by atoms with Gasteiger partial charge in [0.15, 0.2) is 0 Å². The maximum atomic E-state index is 13.5. The summed E-state index contributed by atoms with van der Waals surface area (Å²) in [5, 5.41) is 3.08. The lowest BCUT2D eigenvalue weighted by atomic mass is 10.0. The van der Waals surface area contributed by atoms with Gasteiger partial charge in [-0.25, -0.2) is 8.78 Å². The molecule has 0 saturated carbocycles. The molecule has 0 saturated heterocycles. The van der Waals surface area contributed by atoms with E-state index in [1.807, 2.05) is 0 Å². The van der Waals surface area contributed by atoms with Crippen molar-refractivity contribution < 1.29 is 8.78 Å². The second-order valence-corrected chi connectivity index (χ2v) is 4.60. The molecule has 17 heavy (non-hydrogen) atoms. The van der Waals surface area contributed by atoms with Crippen LogP contribution in [0.4, 0.5) is 8.78 Å². The van der Waals surface area contributed by atoms with Crippen LogP contribution in [0.15, 0.2) is 29.9 Å². The molecule has 0 fully saturated rings. The van der Waals surface area contributed by atoms with Gasteiger partial charge in [0.25, 0.3) is 0 Å². The Labute approximate surface area is 102 Å². The summed E-state index contributed by atoms with van der Waals surface area (Å²) in [6, 6.07) is 3.48. The predicted octanol–water partition coefficient (Wildman–Crippen LogP) is 2.92. The number of rotatable bonds is 4. The normalized spacial score (nSPS) is 12.6. The molecule has 90 valence electrons. The Morgan fingerprint density at radius 3 is 2.88 bits per heavy atom. The first-order chi connectivity index (χ1) is 8.20. The van der Waals surface area contributed by atoms with E-state index in [1.54, 1.807) is 18.8 Å². The SMILES string of the molecule is CNC(Cc1cc(F)ccc1F)c1cncs1. The Balaban J connectivity index is 2.21. The molecular formula is C12H12F2N2S. The minimum atomic E-state index is -0.416. The van der Waals surface area contributed by atoms with Crippen molar-refractivity contribution in [2.75, 3.05) is 7.05 Å². The zero-order valence-corrected chi connectivity index (χ0v) is 10.1. The molecule has 1 atom stereocenters. The van der Waals surface area contributed by atoms with Crippen LogP contribution in [-0.2, 0) is 6.42 Å². The molecule has 0 spiro atoms. The second-order valence-electron chi connectivity index (χ2n) is 3.68. The Kier molecular flexibility index (Phi) is 3.81. The van der Waals surface area contributed by atoms with Crippen LogP contribution in [0.1, 0.15) is 16.5 Å². The fraction of sp³-hybridized carbons (Fsp3) is 0.250. The molecule has 0 bridgehead atoms. The maximum absolute atomic E-state index is 13.5. The molecule has 1 aromatic carbocycles. The van der Waals surface area contributed by atoms with E-state index in [1.165, 1.54) is 17.4 Å². The van der Waals surface area contributed by atoms with E-state index >= 15 is 0 Å². The van der Waals surface area contributed by atoms with Crippen LogP contribution in [0, 0.1) is 11.6 Å². The first kappa shape index (κ1) is 12.1. The Bertz CT molecular complexity index is 485. The van der Waals surface area contributed by atoms with E-state index < -0.39 is 5.82 Å². The number of hydrogen-bond donors (Lipinski definition) is 1. The van der Waals surface area contributed by atoms with Gasteiger partial charge in [0.1, 0.15) is 11.6 Å². The van der Waals surface area contributed by atoms with Crippen LogP contribution in [0.3, 0.4) is 0 Å². The van der Waals surface area contributed by atoms with Crippen molar-refractivity contribution in [1.29, 1.82) is 0 Å². The molecular weight excluding hydrogens is 242 g/mol. The van der Waals surface area contributed by atoms with E-state index in [0.29, 0.717) is 12.0 Å². The standard InChI is InChI=1S/C12H12F2N2S/c1-15-11(12-6-16-7-17-12)5-8-4-9(13)2-3-10(8)14/h2-4,6-7,11,15H,5H2,1H3. The quantitative estimate of drug-likeness (QED) is 0.907. The van der Waals surface area contributed by atoms with Gasteiger partial charge in [-0.3, -0.25) is 4.98 Å². The van der Waals surface area contributed by atoms with Crippen LogP contribution in [0.2, 0.25) is 0 Å². The topological polar surface area (TPSA) is 24.9 Å². The number of nitrogens with one attached hydrogen (secondary N) is 1. The van der Waals surface area contributed by atoms with Crippen molar-refractivity contribution in [3.05, 3.63) is 52.0 Å². The van der Waals surface area contributed by atoms with E-state index in [0.717, 1.165) is 17.0 Å². The molecule has 2 rings (SSSR count). The van der Waals surface area contributed by atoms with Crippen molar-refractivity contribution >= 4 is 11.3 Å². The summed E-state index contributed by atoms with van der Waals surface area (Å²) < 4.78 is 26.5. The molecule has 0 aliphatic heterocycles. The smallest absolute Gasteiger partial charge is 0.126 e. The predicted molar refractivity (Wildman–Crippen MR) is 64.0 cm³/mol. The van der Waals surface area contributed by atoms with Gasteiger partial charge in [-0.05, 0) is 37.2 Å². The average molecular weight is 254 g/mol. The van der Waals surface area contributed by atoms with Crippen molar-refractivity contribution in [1.82, 2.24) is 10.3 Å². The van der Waals surface area contributed by atoms with E-state index in [9.17, 15) is 8.78 Å². The number of aromatic nitrogens is 1. The molecule has 0 radical (unpaired) electrons. The number of halogens is 2. The van der Waals surface area contributed by atoms with Gasteiger partial charge in [-0.1, -0.05) is 0 Å². The van der Waals surface area contributed by atoms with Gasteiger partial charge in [0, 0.05) is 17.1 Å². The third-order valence-corrected chi connectivity index (χ3v) is 3.46. The van der Waals surface area contributed by atoms with Crippen LogP contribution < -0.4 is 5.32 Å². The highest BCUT2D eigenvalue weighted by atomic mass is 32.1. The van der Waals surface area contributed by atoms with Crippen LogP contribution in [-0.4, -0.2) is 12.0 Å². The second kappa shape index (κ2) is 5.33. The number of nitrogens with zero attached hydrogens (tertiary/aromatic N) is 1. The molecule has 1 heterocycles. The third-order valence-electron chi connectivity index (χ3n) is 2.58. The van der Waals surface area contributed by atoms with Gasteiger partial charge < -0.3 is 5.32 Å². The highest BCUT2D eigenvalue weighted by Gasteiger charge is 2.14. The lowest BCUT2D eigenvalue weighted by molar-refractivity contribution is 0.548. The minimum absolute atomic E-state index is 0.0428. The summed E-state index contributed by atoms with van der Waals surface area (Å²) in [6.45, 7) is 0. The average Bonchev–Trinajstić information content (AvgIpc) is 2.84. The largest absolute Gasteiger partial charge is 0.312 e. The van der Waals surface area contributed by atoms with Crippen molar-refractivity contribution in [2.24, 2.45) is 0 Å². The van der Waals surface area contributed by atoms with Crippen LogP contribution in [0.25, 0.3) is 0 Å². The first-order valence-corrected chi connectivity index (χ1v) is 6.08. The summed E-state index contributed by atoms with van der Waals surface area (Å²) in [6.07, 6.45) is 2.14. The molecule has 2 nitrogen and oxygen atoms in total. The molecule has 0 aliphatic rings. The Morgan fingerprint density at radius 2 is 2.24 bits per heavy atom. The molecule has 2 aromatic rings. The van der Waals surface area contributed by atoms with Crippen molar-refractivity contribution in [2.45, 2.75) is 12.5 Å². The Morgan fingerprint density at radius 1 is 1.41 bits per heavy atom. The summed E-state index contributed by atoms with van der Waals surface area (Å²) in [5.74, 6) is -0.795. The fourth-order valence-electron chi connectivity index (χ4n) is 1.66. The van der Waals surface area contributed by atoms with Crippen LogP contribution >= 0.6 is 11.3 Å². The summed E-state index contributed by atoms with van der Waals surface area (Å²) in [4.78, 5) is 4.99. The summed E-state index contributed by atoms with van der Waals surface area (Å²) in [5.41, 5.74) is 2.10. The first-order valence-electron chi connectivity index (χ1n) is 5.20. The van der Waals surface area contributed by atoms with E-state index in [-0.39, 0.29) is 11.9 Å². The maximum Gasteiger partial charge on any atom is 0.126 e. The third kappa shape index (κ3) is 2.87. The number of likely N-dealkylation sites (N-methyl/N-ethyl adjacent to an activating group) is 1. The van der Waals surface area contributed by atoms with Gasteiger partial charge in [-0.2, -0.15) is 0 Å². The van der Waals surface area contributed by atoms with Gasteiger partial charge >= 0.3 is 0 Å². The van der Waals surface area contributed by atoms with Gasteiger partial charge in [0.2, 0.25) is 0 Å². The lowest BCUT2D eigenvalue weighted by Gasteiger charge is -2.14. The van der Waals surface area contributed by atoms with Gasteiger partial charge in [-0.15, -0.1) is 11.3 Å².